The molecule has 4 N–H and O–H groups in total. The standard InChI is InChI=1S/C21H29N5O4.ClH/c1-21(2,3)11-25-18-14(7-4-12-8-9-30-10-12)16(22)24-26(18)20(29)15(19(25)28)17(27)23-13-5-6-13;/h4,7,12-13,28H,5-6,8-11H2,1-3H3,(H2,22,24)(H,23,27);1H/b7-4+;. The Morgan fingerprint density at radius 3 is 2.65 bits per heavy atom. The molecule has 2 aliphatic rings. The van der Waals surface area contributed by atoms with Crippen molar-refractivity contribution in [2.24, 2.45) is 11.3 Å². The van der Waals surface area contributed by atoms with Gasteiger partial charge in [-0.3, -0.25) is 14.2 Å². The van der Waals surface area contributed by atoms with Crippen LogP contribution in [0, 0.1) is 11.3 Å². The van der Waals surface area contributed by atoms with Gasteiger partial charge in [0, 0.05) is 25.1 Å². The number of rotatable bonds is 5. The summed E-state index contributed by atoms with van der Waals surface area (Å²) in [5.74, 6) is -0.512. The number of halogens is 1. The number of nitrogens with zero attached hydrogens (tertiary/aromatic N) is 3. The summed E-state index contributed by atoms with van der Waals surface area (Å²) in [5.41, 5.74) is 5.86. The van der Waals surface area contributed by atoms with Crippen molar-refractivity contribution < 1.29 is 14.6 Å². The summed E-state index contributed by atoms with van der Waals surface area (Å²) in [5, 5.41) is 18.0. The second-order valence-electron chi connectivity index (χ2n) is 9.42. The van der Waals surface area contributed by atoms with E-state index in [-0.39, 0.29) is 47.0 Å². The maximum absolute atomic E-state index is 13.1. The minimum absolute atomic E-state index is 0. The van der Waals surface area contributed by atoms with Crippen LogP contribution in [0.4, 0.5) is 5.82 Å². The number of nitrogen functional groups attached to an aromatic ring is 1. The second kappa shape index (κ2) is 8.55. The molecule has 170 valence electrons. The third kappa shape index (κ3) is 4.72. The highest BCUT2D eigenvalue weighted by atomic mass is 35.5. The molecule has 1 saturated carbocycles. The summed E-state index contributed by atoms with van der Waals surface area (Å²) in [6, 6.07) is 0.0536. The highest BCUT2D eigenvalue weighted by molar-refractivity contribution is 5.97. The lowest BCUT2D eigenvalue weighted by Gasteiger charge is -2.23. The van der Waals surface area contributed by atoms with E-state index in [0.717, 1.165) is 23.8 Å². The van der Waals surface area contributed by atoms with Crippen LogP contribution < -0.4 is 16.6 Å². The smallest absolute Gasteiger partial charge is 0.291 e. The van der Waals surface area contributed by atoms with Crippen molar-refractivity contribution in [3.8, 4) is 5.88 Å². The van der Waals surface area contributed by atoms with Crippen LogP contribution in [0.3, 0.4) is 0 Å². The van der Waals surface area contributed by atoms with Crippen molar-refractivity contribution in [1.29, 1.82) is 0 Å². The van der Waals surface area contributed by atoms with E-state index in [1.165, 1.54) is 0 Å². The van der Waals surface area contributed by atoms with E-state index >= 15 is 0 Å². The third-order valence-corrected chi connectivity index (χ3v) is 5.34. The van der Waals surface area contributed by atoms with Gasteiger partial charge >= 0.3 is 0 Å². The van der Waals surface area contributed by atoms with Crippen molar-refractivity contribution in [3.63, 3.8) is 0 Å². The van der Waals surface area contributed by atoms with Gasteiger partial charge in [0.05, 0.1) is 12.2 Å². The van der Waals surface area contributed by atoms with Crippen LogP contribution in [0.1, 0.15) is 56.0 Å². The molecule has 1 aliphatic carbocycles. The molecule has 0 aromatic carbocycles. The highest BCUT2D eigenvalue weighted by Crippen LogP contribution is 2.30. The number of amides is 1. The summed E-state index contributed by atoms with van der Waals surface area (Å²) >= 11 is 0. The fraction of sp³-hybridized carbons (Fsp3) is 0.571. The van der Waals surface area contributed by atoms with E-state index in [1.54, 1.807) is 4.57 Å². The third-order valence-electron chi connectivity index (χ3n) is 5.34. The molecular formula is C21H30ClN5O4. The predicted octanol–water partition coefficient (Wildman–Crippen LogP) is 2.19. The minimum Gasteiger partial charge on any atom is -0.494 e. The monoisotopic (exact) mass is 451 g/mol. The van der Waals surface area contributed by atoms with Gasteiger partial charge in [-0.2, -0.15) is 4.52 Å². The number of nitrogens with two attached hydrogens (primary N) is 1. The summed E-state index contributed by atoms with van der Waals surface area (Å²) in [7, 11) is 0. The first-order chi connectivity index (χ1) is 14.2. The molecule has 2 aromatic rings. The van der Waals surface area contributed by atoms with E-state index < -0.39 is 11.5 Å². The van der Waals surface area contributed by atoms with Crippen molar-refractivity contribution in [2.75, 3.05) is 18.9 Å². The van der Waals surface area contributed by atoms with E-state index in [1.807, 2.05) is 32.9 Å². The Hall–Kier alpha value is -2.52. The van der Waals surface area contributed by atoms with Crippen LogP contribution in [0.5, 0.6) is 5.88 Å². The van der Waals surface area contributed by atoms with Gasteiger partial charge in [0.15, 0.2) is 17.0 Å². The number of aromatic hydroxyl groups is 1. The number of nitrogens with one attached hydrogen (secondary N) is 1. The van der Waals surface area contributed by atoms with Gasteiger partial charge in [0.25, 0.3) is 11.5 Å². The average Bonchev–Trinajstić information content (AvgIpc) is 3.18. The SMILES string of the molecule is CC(C)(C)Cn1c(O)c(C(=O)NC2CC2)c(=O)n2nc(N)c(/C=C/C3CCOC3)c12.Cl. The van der Waals surface area contributed by atoms with Gasteiger partial charge < -0.3 is 20.9 Å². The Bertz CT molecular complexity index is 1070. The number of fused-ring (bicyclic) bond motifs is 1. The Morgan fingerprint density at radius 1 is 1.35 bits per heavy atom. The lowest BCUT2D eigenvalue weighted by atomic mass is 9.96. The molecule has 0 spiro atoms. The Balaban J connectivity index is 0.00000272. The van der Waals surface area contributed by atoms with Crippen LogP contribution in [0.25, 0.3) is 11.7 Å². The quantitative estimate of drug-likeness (QED) is 0.640. The largest absolute Gasteiger partial charge is 0.494 e. The predicted molar refractivity (Wildman–Crippen MR) is 121 cm³/mol. The van der Waals surface area contributed by atoms with Gasteiger partial charge in [0.1, 0.15) is 0 Å². The molecule has 1 atom stereocenters. The van der Waals surface area contributed by atoms with Gasteiger partial charge in [-0.05, 0) is 24.7 Å². The summed E-state index contributed by atoms with van der Waals surface area (Å²) in [6.07, 6.45) is 6.50. The molecule has 2 fully saturated rings. The van der Waals surface area contributed by atoms with Crippen LogP contribution in [-0.4, -0.2) is 44.5 Å². The van der Waals surface area contributed by atoms with Crippen LogP contribution >= 0.6 is 12.4 Å². The van der Waals surface area contributed by atoms with Crippen LogP contribution in [-0.2, 0) is 11.3 Å². The number of ether oxygens (including phenoxy) is 1. The fourth-order valence-corrected chi connectivity index (χ4v) is 3.68. The average molecular weight is 452 g/mol. The van der Waals surface area contributed by atoms with E-state index in [4.69, 9.17) is 10.5 Å². The summed E-state index contributed by atoms with van der Waals surface area (Å²) in [6.45, 7) is 7.75. The molecular weight excluding hydrogens is 422 g/mol. The summed E-state index contributed by atoms with van der Waals surface area (Å²) < 4.78 is 8.11. The molecule has 4 rings (SSSR count). The van der Waals surface area contributed by atoms with E-state index in [9.17, 15) is 14.7 Å². The van der Waals surface area contributed by atoms with E-state index in [2.05, 4.69) is 10.4 Å². The zero-order valence-corrected chi connectivity index (χ0v) is 18.9. The van der Waals surface area contributed by atoms with Crippen LogP contribution in [0.2, 0.25) is 0 Å². The molecule has 2 aromatic heterocycles. The topological polar surface area (TPSA) is 124 Å². The Morgan fingerprint density at radius 2 is 2.06 bits per heavy atom. The first-order valence-corrected chi connectivity index (χ1v) is 10.4. The maximum atomic E-state index is 13.1. The number of hydrogen-bond acceptors (Lipinski definition) is 6. The molecule has 1 amide bonds. The van der Waals surface area contributed by atoms with Gasteiger partial charge in [-0.25, -0.2) is 0 Å². The van der Waals surface area contributed by atoms with Crippen LogP contribution in [0.15, 0.2) is 10.9 Å². The number of anilines is 1. The molecule has 1 aliphatic heterocycles. The molecule has 31 heavy (non-hydrogen) atoms. The highest BCUT2D eigenvalue weighted by Gasteiger charge is 2.31. The van der Waals surface area contributed by atoms with E-state index in [0.29, 0.717) is 31.0 Å². The minimum atomic E-state index is -0.679. The normalized spacial score (nSPS) is 19.1. The lowest BCUT2D eigenvalue weighted by molar-refractivity contribution is 0.0944. The van der Waals surface area contributed by atoms with Gasteiger partial charge in [-0.15, -0.1) is 17.5 Å². The van der Waals surface area contributed by atoms with Crippen molar-refractivity contribution in [1.82, 2.24) is 19.5 Å². The lowest BCUT2D eigenvalue weighted by Crippen LogP contribution is -2.35. The zero-order chi connectivity index (χ0) is 21.6. The molecule has 10 heteroatoms. The Labute approximate surface area is 186 Å². The van der Waals surface area contributed by atoms with Gasteiger partial charge in [0.2, 0.25) is 5.88 Å². The molecule has 0 bridgehead atoms. The molecule has 9 nitrogen and oxygen atoms in total. The molecule has 1 saturated heterocycles. The molecule has 3 heterocycles. The number of aromatic nitrogens is 3. The zero-order valence-electron chi connectivity index (χ0n) is 18.1. The maximum Gasteiger partial charge on any atom is 0.291 e. The molecule has 0 radical (unpaired) electrons. The number of hydrogen-bond donors (Lipinski definition) is 3. The fourth-order valence-electron chi connectivity index (χ4n) is 3.68. The van der Waals surface area contributed by atoms with Crippen molar-refractivity contribution in [3.05, 3.63) is 27.6 Å². The van der Waals surface area contributed by atoms with Crippen molar-refractivity contribution in [2.45, 2.75) is 52.6 Å². The summed E-state index contributed by atoms with van der Waals surface area (Å²) in [4.78, 5) is 25.8. The Kier molecular flexibility index (Phi) is 6.38. The number of carbonyl (C=O) groups is 1. The second-order valence-corrected chi connectivity index (χ2v) is 9.42. The first-order valence-electron chi connectivity index (χ1n) is 10.4. The molecule has 1 unspecified atom stereocenters. The van der Waals surface area contributed by atoms with Gasteiger partial charge in [-0.1, -0.05) is 32.9 Å². The number of carbonyl (C=O) groups excluding carboxylic acids is 1. The van der Waals surface area contributed by atoms with Crippen molar-refractivity contribution >= 4 is 35.9 Å². The first kappa shape index (κ1) is 23.1.